The average Bonchev–Trinajstić information content (AvgIpc) is 2.65. The van der Waals surface area contributed by atoms with Crippen molar-refractivity contribution in [2.45, 2.75) is 64.8 Å². The molecule has 0 aromatic heterocycles. The molecule has 5 heteroatoms. The first-order chi connectivity index (χ1) is 12.5. The molecule has 1 aromatic carbocycles. The zero-order valence-electron chi connectivity index (χ0n) is 16.0. The maximum absolute atomic E-state index is 13.3. The largest absolute Gasteiger partial charge is 0.353 e. The fourth-order valence-electron chi connectivity index (χ4n) is 3.46. The Morgan fingerprint density at radius 2 is 1.96 bits per heavy atom. The number of piperidine rings is 1. The Balaban J connectivity index is 1.75. The molecule has 0 aliphatic carbocycles. The van der Waals surface area contributed by atoms with Gasteiger partial charge in [-0.05, 0) is 44.4 Å². The summed E-state index contributed by atoms with van der Waals surface area (Å²) in [6, 6.07) is 5.97. The zero-order chi connectivity index (χ0) is 18.9. The van der Waals surface area contributed by atoms with Gasteiger partial charge in [0.1, 0.15) is 5.82 Å². The fourth-order valence-corrected chi connectivity index (χ4v) is 3.46. The SMILES string of the molecule is CCCCCCC(C)NC(=O)C1CCN(C(=O)c2cccc(F)c2)CC1. The monoisotopic (exact) mass is 362 g/mol. The van der Waals surface area contributed by atoms with Crippen LogP contribution in [0.3, 0.4) is 0 Å². The number of carbonyl (C=O) groups excluding carboxylic acids is 2. The summed E-state index contributed by atoms with van der Waals surface area (Å²) in [5.74, 6) is -0.499. The molecule has 1 unspecified atom stereocenters. The van der Waals surface area contributed by atoms with Crippen LogP contribution in [0.1, 0.15) is 69.2 Å². The van der Waals surface area contributed by atoms with E-state index in [1.54, 1.807) is 17.0 Å². The summed E-state index contributed by atoms with van der Waals surface area (Å²) in [4.78, 5) is 26.6. The van der Waals surface area contributed by atoms with Crippen molar-refractivity contribution < 1.29 is 14.0 Å². The van der Waals surface area contributed by atoms with Crippen LogP contribution in [-0.2, 0) is 4.79 Å². The zero-order valence-corrected chi connectivity index (χ0v) is 16.0. The molecule has 1 aromatic rings. The Morgan fingerprint density at radius 1 is 1.23 bits per heavy atom. The Bertz CT molecular complexity index is 597. The lowest BCUT2D eigenvalue weighted by Crippen LogP contribution is -2.44. The van der Waals surface area contributed by atoms with Crippen molar-refractivity contribution in [2.24, 2.45) is 5.92 Å². The number of unbranched alkanes of at least 4 members (excludes halogenated alkanes) is 3. The van der Waals surface area contributed by atoms with Crippen molar-refractivity contribution in [1.29, 1.82) is 0 Å². The molecule has 0 spiro atoms. The van der Waals surface area contributed by atoms with E-state index in [0.29, 0.717) is 31.5 Å². The Kier molecular flexibility index (Phi) is 8.07. The number of rotatable bonds is 8. The number of halogens is 1. The number of nitrogens with one attached hydrogen (secondary N) is 1. The second-order valence-electron chi connectivity index (χ2n) is 7.34. The summed E-state index contributed by atoms with van der Waals surface area (Å²) < 4.78 is 13.3. The van der Waals surface area contributed by atoms with Crippen LogP contribution in [0.4, 0.5) is 4.39 Å². The molecular formula is C21H31FN2O2. The normalized spacial score (nSPS) is 16.3. The van der Waals surface area contributed by atoms with Gasteiger partial charge in [0.15, 0.2) is 0 Å². The smallest absolute Gasteiger partial charge is 0.253 e. The van der Waals surface area contributed by atoms with E-state index in [1.165, 1.54) is 31.4 Å². The van der Waals surface area contributed by atoms with Gasteiger partial charge in [0.25, 0.3) is 5.91 Å². The van der Waals surface area contributed by atoms with Gasteiger partial charge in [-0.3, -0.25) is 9.59 Å². The number of benzene rings is 1. The highest BCUT2D eigenvalue weighted by atomic mass is 19.1. The van der Waals surface area contributed by atoms with Gasteiger partial charge in [0.05, 0.1) is 0 Å². The van der Waals surface area contributed by atoms with Gasteiger partial charge < -0.3 is 10.2 Å². The Hall–Kier alpha value is -1.91. The van der Waals surface area contributed by atoms with Crippen LogP contribution in [0.5, 0.6) is 0 Å². The maximum Gasteiger partial charge on any atom is 0.253 e. The molecule has 4 nitrogen and oxygen atoms in total. The molecule has 0 bridgehead atoms. The summed E-state index contributed by atoms with van der Waals surface area (Å²) in [6.07, 6.45) is 7.17. The minimum absolute atomic E-state index is 0.0374. The standard InChI is InChI=1S/C21H31FN2O2/c1-3-4-5-6-8-16(2)23-20(25)17-11-13-24(14-12-17)21(26)18-9-7-10-19(22)15-18/h7,9-10,15-17H,3-6,8,11-14H2,1-2H3,(H,23,25). The van der Waals surface area contributed by atoms with E-state index in [0.717, 1.165) is 12.8 Å². The summed E-state index contributed by atoms with van der Waals surface area (Å²) in [5.41, 5.74) is 0.369. The number of likely N-dealkylation sites (tertiary alicyclic amines) is 1. The number of nitrogens with zero attached hydrogens (tertiary/aromatic N) is 1. The summed E-state index contributed by atoms with van der Waals surface area (Å²) in [7, 11) is 0. The van der Waals surface area contributed by atoms with E-state index in [9.17, 15) is 14.0 Å². The Morgan fingerprint density at radius 3 is 2.62 bits per heavy atom. The van der Waals surface area contributed by atoms with Crippen LogP contribution < -0.4 is 5.32 Å². The van der Waals surface area contributed by atoms with Crippen molar-refractivity contribution in [3.8, 4) is 0 Å². The van der Waals surface area contributed by atoms with Gasteiger partial charge in [0, 0.05) is 30.6 Å². The summed E-state index contributed by atoms with van der Waals surface area (Å²) >= 11 is 0. The highest BCUT2D eigenvalue weighted by Gasteiger charge is 2.28. The summed E-state index contributed by atoms with van der Waals surface area (Å²) in [6.45, 7) is 5.33. The van der Waals surface area contributed by atoms with Crippen LogP contribution >= 0.6 is 0 Å². The molecule has 0 radical (unpaired) electrons. The van der Waals surface area contributed by atoms with Crippen LogP contribution in [0.25, 0.3) is 0 Å². The van der Waals surface area contributed by atoms with Crippen molar-refractivity contribution in [3.63, 3.8) is 0 Å². The average molecular weight is 362 g/mol. The minimum Gasteiger partial charge on any atom is -0.353 e. The molecule has 2 amide bonds. The van der Waals surface area contributed by atoms with Crippen molar-refractivity contribution in [2.75, 3.05) is 13.1 Å². The van der Waals surface area contributed by atoms with Gasteiger partial charge in [0.2, 0.25) is 5.91 Å². The van der Waals surface area contributed by atoms with Crippen LogP contribution in [0.2, 0.25) is 0 Å². The van der Waals surface area contributed by atoms with E-state index in [-0.39, 0.29) is 23.8 Å². The minimum atomic E-state index is -0.405. The first-order valence-electron chi connectivity index (χ1n) is 9.86. The second kappa shape index (κ2) is 10.3. The molecule has 0 saturated carbocycles. The van der Waals surface area contributed by atoms with Crippen LogP contribution in [0, 0.1) is 11.7 Å². The fraction of sp³-hybridized carbons (Fsp3) is 0.619. The van der Waals surface area contributed by atoms with Gasteiger partial charge in [-0.2, -0.15) is 0 Å². The molecule has 26 heavy (non-hydrogen) atoms. The van der Waals surface area contributed by atoms with E-state index in [2.05, 4.69) is 19.2 Å². The molecule has 1 aliphatic heterocycles. The quantitative estimate of drug-likeness (QED) is 0.706. The third-order valence-electron chi connectivity index (χ3n) is 5.10. The van der Waals surface area contributed by atoms with E-state index >= 15 is 0 Å². The molecule has 1 saturated heterocycles. The molecule has 1 N–H and O–H groups in total. The number of amides is 2. The summed E-state index contributed by atoms with van der Waals surface area (Å²) in [5, 5.41) is 3.12. The first-order valence-corrected chi connectivity index (χ1v) is 9.86. The Labute approximate surface area is 156 Å². The molecular weight excluding hydrogens is 331 g/mol. The molecule has 1 heterocycles. The molecule has 1 atom stereocenters. The number of hydrogen-bond donors (Lipinski definition) is 1. The molecule has 1 aliphatic rings. The highest BCUT2D eigenvalue weighted by molar-refractivity contribution is 5.94. The topological polar surface area (TPSA) is 49.4 Å². The second-order valence-corrected chi connectivity index (χ2v) is 7.34. The molecule has 1 fully saturated rings. The predicted octanol–water partition coefficient (Wildman–Crippen LogP) is 4.15. The van der Waals surface area contributed by atoms with E-state index < -0.39 is 5.82 Å². The van der Waals surface area contributed by atoms with Crippen molar-refractivity contribution in [1.82, 2.24) is 10.2 Å². The number of carbonyl (C=O) groups is 2. The van der Waals surface area contributed by atoms with Crippen LogP contribution in [-0.4, -0.2) is 35.8 Å². The molecule has 144 valence electrons. The van der Waals surface area contributed by atoms with Crippen LogP contribution in [0.15, 0.2) is 24.3 Å². The third kappa shape index (κ3) is 6.11. The van der Waals surface area contributed by atoms with E-state index in [4.69, 9.17) is 0 Å². The lowest BCUT2D eigenvalue weighted by molar-refractivity contribution is -0.126. The third-order valence-corrected chi connectivity index (χ3v) is 5.10. The van der Waals surface area contributed by atoms with Crippen molar-refractivity contribution in [3.05, 3.63) is 35.6 Å². The van der Waals surface area contributed by atoms with Gasteiger partial charge >= 0.3 is 0 Å². The van der Waals surface area contributed by atoms with Gasteiger partial charge in [-0.25, -0.2) is 4.39 Å². The van der Waals surface area contributed by atoms with Gasteiger partial charge in [-0.1, -0.05) is 38.7 Å². The highest BCUT2D eigenvalue weighted by Crippen LogP contribution is 2.20. The van der Waals surface area contributed by atoms with Gasteiger partial charge in [-0.15, -0.1) is 0 Å². The van der Waals surface area contributed by atoms with Crippen molar-refractivity contribution >= 4 is 11.8 Å². The van der Waals surface area contributed by atoms with E-state index in [1.807, 2.05) is 0 Å². The lowest BCUT2D eigenvalue weighted by Gasteiger charge is -2.32. The lowest BCUT2D eigenvalue weighted by atomic mass is 9.94. The predicted molar refractivity (Wildman–Crippen MR) is 101 cm³/mol. The molecule has 2 rings (SSSR count). The first kappa shape index (κ1) is 20.4. The maximum atomic E-state index is 13.3. The number of hydrogen-bond acceptors (Lipinski definition) is 2.